The van der Waals surface area contributed by atoms with Crippen LogP contribution in [0.5, 0.6) is 0 Å². The van der Waals surface area contributed by atoms with Crippen molar-refractivity contribution in [2.75, 3.05) is 6.54 Å². The molecular formula is C16H10Cl3NO. The van der Waals surface area contributed by atoms with Gasteiger partial charge in [-0.3, -0.25) is 4.79 Å². The number of halogens is 3. The van der Waals surface area contributed by atoms with Crippen molar-refractivity contribution in [1.29, 1.82) is 0 Å². The first-order valence-corrected chi connectivity index (χ1v) is 7.17. The Morgan fingerprint density at radius 2 is 1.81 bits per heavy atom. The predicted octanol–water partition coefficient (Wildman–Crippen LogP) is 4.43. The fourth-order valence-electron chi connectivity index (χ4n) is 1.60. The molecule has 0 bridgehead atoms. The SMILES string of the molecule is O=C(NCC#Cc1cccc(Cl)c1)c1cc(Cl)ccc1Cl. The molecule has 0 unspecified atom stereocenters. The lowest BCUT2D eigenvalue weighted by Crippen LogP contribution is -2.23. The highest BCUT2D eigenvalue weighted by Crippen LogP contribution is 2.20. The van der Waals surface area contributed by atoms with Gasteiger partial charge in [-0.2, -0.15) is 0 Å². The molecule has 1 amide bonds. The summed E-state index contributed by atoms with van der Waals surface area (Å²) in [6, 6.07) is 11.9. The molecule has 0 fully saturated rings. The molecule has 2 aromatic rings. The molecule has 21 heavy (non-hydrogen) atoms. The van der Waals surface area contributed by atoms with Crippen molar-refractivity contribution in [2.24, 2.45) is 0 Å². The summed E-state index contributed by atoms with van der Waals surface area (Å²) in [6.07, 6.45) is 0. The van der Waals surface area contributed by atoms with E-state index in [0.717, 1.165) is 5.56 Å². The summed E-state index contributed by atoms with van der Waals surface area (Å²) in [4.78, 5) is 11.9. The summed E-state index contributed by atoms with van der Waals surface area (Å²) in [5, 5.41) is 4.09. The van der Waals surface area contributed by atoms with Gasteiger partial charge < -0.3 is 5.32 Å². The number of hydrogen-bond acceptors (Lipinski definition) is 1. The first kappa shape index (κ1) is 15.7. The summed E-state index contributed by atoms with van der Waals surface area (Å²) >= 11 is 17.6. The van der Waals surface area contributed by atoms with Gasteiger partial charge in [0, 0.05) is 15.6 Å². The molecule has 2 nitrogen and oxygen atoms in total. The maximum atomic E-state index is 11.9. The lowest BCUT2D eigenvalue weighted by molar-refractivity contribution is 0.0959. The molecule has 0 aliphatic carbocycles. The first-order valence-electron chi connectivity index (χ1n) is 6.04. The quantitative estimate of drug-likeness (QED) is 0.807. The van der Waals surface area contributed by atoms with E-state index >= 15 is 0 Å². The molecular weight excluding hydrogens is 329 g/mol. The van der Waals surface area contributed by atoms with Crippen molar-refractivity contribution in [1.82, 2.24) is 5.32 Å². The van der Waals surface area contributed by atoms with Crippen LogP contribution in [0.15, 0.2) is 42.5 Å². The molecule has 0 atom stereocenters. The molecule has 0 aliphatic rings. The molecule has 0 saturated heterocycles. The van der Waals surface area contributed by atoms with Crippen LogP contribution in [0, 0.1) is 11.8 Å². The third-order valence-corrected chi connectivity index (χ3v) is 3.37. The summed E-state index contributed by atoms with van der Waals surface area (Å²) in [7, 11) is 0. The number of carbonyl (C=O) groups excluding carboxylic acids is 1. The van der Waals surface area contributed by atoms with Crippen LogP contribution < -0.4 is 5.32 Å². The van der Waals surface area contributed by atoms with Gasteiger partial charge in [0.25, 0.3) is 5.91 Å². The maximum Gasteiger partial charge on any atom is 0.253 e. The van der Waals surface area contributed by atoms with E-state index in [9.17, 15) is 4.79 Å². The number of rotatable bonds is 2. The largest absolute Gasteiger partial charge is 0.341 e. The van der Waals surface area contributed by atoms with Crippen LogP contribution in [0.1, 0.15) is 15.9 Å². The van der Waals surface area contributed by atoms with Gasteiger partial charge >= 0.3 is 0 Å². The Bertz CT molecular complexity index is 732. The summed E-state index contributed by atoms with van der Waals surface area (Å²) in [6.45, 7) is 0.203. The van der Waals surface area contributed by atoms with Gasteiger partial charge in [-0.05, 0) is 36.4 Å². The molecule has 5 heteroatoms. The fraction of sp³-hybridized carbons (Fsp3) is 0.0625. The van der Waals surface area contributed by atoms with Crippen LogP contribution in [0.3, 0.4) is 0 Å². The molecule has 0 aliphatic heterocycles. The van der Waals surface area contributed by atoms with Gasteiger partial charge in [-0.1, -0.05) is 52.7 Å². The predicted molar refractivity (Wildman–Crippen MR) is 87.1 cm³/mol. The number of hydrogen-bond donors (Lipinski definition) is 1. The summed E-state index contributed by atoms with van der Waals surface area (Å²) in [5.41, 5.74) is 1.12. The zero-order chi connectivity index (χ0) is 15.2. The van der Waals surface area contributed by atoms with E-state index in [1.807, 2.05) is 12.1 Å². The lowest BCUT2D eigenvalue weighted by Gasteiger charge is -2.04. The Labute approximate surface area is 138 Å². The van der Waals surface area contributed by atoms with E-state index in [0.29, 0.717) is 20.6 Å². The van der Waals surface area contributed by atoms with Crippen molar-refractivity contribution >= 4 is 40.7 Å². The molecule has 0 aromatic heterocycles. The number of benzene rings is 2. The molecule has 0 radical (unpaired) electrons. The smallest absolute Gasteiger partial charge is 0.253 e. The first-order chi connectivity index (χ1) is 10.1. The highest BCUT2D eigenvalue weighted by molar-refractivity contribution is 6.35. The number of amides is 1. The normalized spacial score (nSPS) is 9.67. The third kappa shape index (κ3) is 4.68. The minimum absolute atomic E-state index is 0.203. The Hall–Kier alpha value is -1.66. The molecule has 106 valence electrons. The van der Waals surface area contributed by atoms with Crippen LogP contribution in [0.2, 0.25) is 15.1 Å². The van der Waals surface area contributed by atoms with E-state index in [-0.39, 0.29) is 12.5 Å². The van der Waals surface area contributed by atoms with Crippen molar-refractivity contribution in [3.05, 3.63) is 68.7 Å². The minimum Gasteiger partial charge on any atom is -0.341 e. The summed E-state index contributed by atoms with van der Waals surface area (Å²) < 4.78 is 0. The van der Waals surface area contributed by atoms with Crippen LogP contribution in [0.4, 0.5) is 0 Å². The van der Waals surface area contributed by atoms with E-state index in [2.05, 4.69) is 17.2 Å². The second-order valence-corrected chi connectivity index (χ2v) is 5.40. The monoisotopic (exact) mass is 337 g/mol. The molecule has 0 heterocycles. The van der Waals surface area contributed by atoms with Crippen molar-refractivity contribution in [3.8, 4) is 11.8 Å². The van der Waals surface area contributed by atoms with Gasteiger partial charge in [-0.25, -0.2) is 0 Å². The third-order valence-electron chi connectivity index (χ3n) is 2.57. The van der Waals surface area contributed by atoms with E-state index in [1.165, 1.54) is 6.07 Å². The van der Waals surface area contributed by atoms with Crippen molar-refractivity contribution in [3.63, 3.8) is 0 Å². The van der Waals surface area contributed by atoms with E-state index in [4.69, 9.17) is 34.8 Å². The molecule has 0 spiro atoms. The Morgan fingerprint density at radius 3 is 2.57 bits per heavy atom. The van der Waals surface area contributed by atoms with E-state index < -0.39 is 0 Å². The van der Waals surface area contributed by atoms with E-state index in [1.54, 1.807) is 24.3 Å². The van der Waals surface area contributed by atoms with Crippen molar-refractivity contribution in [2.45, 2.75) is 0 Å². The van der Waals surface area contributed by atoms with Gasteiger partial charge in [0.1, 0.15) is 0 Å². The van der Waals surface area contributed by atoms with Crippen molar-refractivity contribution < 1.29 is 4.79 Å². The average Bonchev–Trinajstić information content (AvgIpc) is 2.46. The van der Waals surface area contributed by atoms with Crippen LogP contribution in [-0.4, -0.2) is 12.5 Å². The second-order valence-electron chi connectivity index (χ2n) is 4.12. The minimum atomic E-state index is -0.317. The zero-order valence-electron chi connectivity index (χ0n) is 10.8. The Morgan fingerprint density at radius 1 is 1.05 bits per heavy atom. The molecule has 1 N–H and O–H groups in total. The summed E-state index contributed by atoms with van der Waals surface area (Å²) in [5.74, 6) is 5.44. The van der Waals surface area contributed by atoms with Gasteiger partial charge in [0.2, 0.25) is 0 Å². The average molecular weight is 339 g/mol. The molecule has 2 rings (SSSR count). The molecule has 2 aromatic carbocycles. The fourth-order valence-corrected chi connectivity index (χ4v) is 2.17. The number of nitrogens with one attached hydrogen (secondary N) is 1. The second kappa shape index (κ2) is 7.38. The highest BCUT2D eigenvalue weighted by Gasteiger charge is 2.09. The van der Waals surface area contributed by atoms with Crippen LogP contribution in [-0.2, 0) is 0 Å². The van der Waals surface area contributed by atoms with Crippen LogP contribution >= 0.6 is 34.8 Å². The number of carbonyl (C=O) groups is 1. The standard InChI is InChI=1S/C16H10Cl3NO/c17-12-5-1-3-11(9-12)4-2-8-20-16(21)14-10-13(18)6-7-15(14)19/h1,3,5-7,9-10H,8H2,(H,20,21). The lowest BCUT2D eigenvalue weighted by atomic mass is 10.2. The van der Waals surface area contributed by atoms with Gasteiger partial charge in [-0.15, -0.1) is 0 Å². The Balaban J connectivity index is 1.98. The van der Waals surface area contributed by atoms with Crippen LogP contribution in [0.25, 0.3) is 0 Å². The maximum absolute atomic E-state index is 11.9. The van der Waals surface area contributed by atoms with Gasteiger partial charge in [0.15, 0.2) is 0 Å². The van der Waals surface area contributed by atoms with Gasteiger partial charge in [0.05, 0.1) is 17.1 Å². The molecule has 0 saturated carbocycles. The highest BCUT2D eigenvalue weighted by atomic mass is 35.5. The zero-order valence-corrected chi connectivity index (χ0v) is 13.1. The Kier molecular flexibility index (Phi) is 5.52. The topological polar surface area (TPSA) is 29.1 Å².